The van der Waals surface area contributed by atoms with Crippen molar-refractivity contribution < 1.29 is 0 Å². The molecule has 3 nitrogen and oxygen atoms in total. The number of aromatic nitrogens is 2. The average Bonchev–Trinajstić information content (AvgIpc) is 2.62. The molecule has 0 saturated heterocycles. The van der Waals surface area contributed by atoms with Crippen LogP contribution in [0.2, 0.25) is 5.15 Å². The van der Waals surface area contributed by atoms with Crippen molar-refractivity contribution >= 4 is 38.3 Å². The molecule has 80 valence electrons. The van der Waals surface area contributed by atoms with Gasteiger partial charge in [0.15, 0.2) is 5.13 Å². The number of thiazole rings is 1. The molecule has 0 spiro atoms. The largest absolute Gasteiger partial charge is 0.349 e. The Bertz CT molecular complexity index is 465. The van der Waals surface area contributed by atoms with Gasteiger partial charge in [-0.25, -0.2) is 9.97 Å². The van der Waals surface area contributed by atoms with Gasteiger partial charge in [0.25, 0.3) is 0 Å². The highest BCUT2D eigenvalue weighted by atomic mass is 35.5. The van der Waals surface area contributed by atoms with Gasteiger partial charge in [-0.1, -0.05) is 22.9 Å². The first kappa shape index (κ1) is 10.6. The summed E-state index contributed by atoms with van der Waals surface area (Å²) in [5.41, 5.74) is 0.923. The highest BCUT2D eigenvalue weighted by molar-refractivity contribution is 7.22. The van der Waals surface area contributed by atoms with E-state index in [1.807, 2.05) is 6.07 Å². The lowest BCUT2D eigenvalue weighted by atomic mass is 10.4. The number of hydrogen-bond donors (Lipinski definition) is 0. The van der Waals surface area contributed by atoms with Crippen molar-refractivity contribution in [2.45, 2.75) is 13.8 Å². The fourth-order valence-electron chi connectivity index (χ4n) is 1.43. The average molecular weight is 242 g/mol. The molecule has 2 aromatic heterocycles. The maximum atomic E-state index is 5.83. The van der Waals surface area contributed by atoms with Gasteiger partial charge in [-0.3, -0.25) is 0 Å². The normalized spacial score (nSPS) is 10.9. The van der Waals surface area contributed by atoms with E-state index in [1.165, 1.54) is 0 Å². The molecule has 0 aromatic carbocycles. The van der Waals surface area contributed by atoms with Gasteiger partial charge in [-0.05, 0) is 19.9 Å². The van der Waals surface area contributed by atoms with Crippen LogP contribution in [0.15, 0.2) is 12.3 Å². The van der Waals surface area contributed by atoms with Gasteiger partial charge >= 0.3 is 0 Å². The van der Waals surface area contributed by atoms with Crippen molar-refractivity contribution in [2.24, 2.45) is 0 Å². The Morgan fingerprint density at radius 1 is 1.40 bits per heavy atom. The first-order chi connectivity index (χ1) is 7.24. The number of pyridine rings is 1. The van der Waals surface area contributed by atoms with E-state index in [0.29, 0.717) is 5.15 Å². The zero-order valence-corrected chi connectivity index (χ0v) is 10.3. The quantitative estimate of drug-likeness (QED) is 0.773. The molecule has 0 aliphatic heterocycles. The molecule has 5 heteroatoms. The molecule has 0 fully saturated rings. The summed E-state index contributed by atoms with van der Waals surface area (Å²) in [5, 5.41) is 1.57. The highest BCUT2D eigenvalue weighted by Gasteiger charge is 2.09. The minimum atomic E-state index is 0.525. The Hall–Kier alpha value is -0.870. The van der Waals surface area contributed by atoms with Crippen molar-refractivity contribution in [3.8, 4) is 0 Å². The lowest BCUT2D eigenvalue weighted by Gasteiger charge is -2.16. The monoisotopic (exact) mass is 241 g/mol. The molecular weight excluding hydrogens is 230 g/mol. The van der Waals surface area contributed by atoms with Crippen molar-refractivity contribution in [1.82, 2.24) is 9.97 Å². The Morgan fingerprint density at radius 3 is 2.80 bits per heavy atom. The number of anilines is 1. The van der Waals surface area contributed by atoms with E-state index in [1.54, 1.807) is 17.5 Å². The Balaban J connectivity index is 2.46. The van der Waals surface area contributed by atoms with Crippen LogP contribution in [0.1, 0.15) is 13.8 Å². The molecule has 0 radical (unpaired) electrons. The third-order valence-corrected chi connectivity index (χ3v) is 3.55. The smallest absolute Gasteiger partial charge is 0.186 e. The number of hydrogen-bond acceptors (Lipinski definition) is 4. The summed E-state index contributed by atoms with van der Waals surface area (Å²) in [6, 6.07) is 1.86. The van der Waals surface area contributed by atoms with Gasteiger partial charge in [0.1, 0.15) is 10.7 Å². The summed E-state index contributed by atoms with van der Waals surface area (Å²) < 4.78 is 1.09. The second-order valence-corrected chi connectivity index (χ2v) is 4.54. The second-order valence-electron chi connectivity index (χ2n) is 3.14. The molecule has 0 aliphatic rings. The van der Waals surface area contributed by atoms with E-state index >= 15 is 0 Å². The lowest BCUT2D eigenvalue weighted by Crippen LogP contribution is -2.21. The van der Waals surface area contributed by atoms with Crippen molar-refractivity contribution in [2.75, 3.05) is 18.0 Å². The number of halogens is 1. The van der Waals surface area contributed by atoms with Gasteiger partial charge in [0.05, 0.1) is 10.9 Å². The zero-order valence-electron chi connectivity index (χ0n) is 8.70. The molecular formula is C10H12ClN3S. The minimum Gasteiger partial charge on any atom is -0.349 e. The first-order valence-corrected chi connectivity index (χ1v) is 6.11. The van der Waals surface area contributed by atoms with E-state index < -0.39 is 0 Å². The summed E-state index contributed by atoms with van der Waals surface area (Å²) in [7, 11) is 0. The summed E-state index contributed by atoms with van der Waals surface area (Å²) >= 11 is 7.49. The molecule has 15 heavy (non-hydrogen) atoms. The standard InChI is InChI=1S/C10H12ClN3S/c1-3-14(4-2)10-13-7-6-12-9(11)5-8(7)15-10/h5-6H,3-4H2,1-2H3. The van der Waals surface area contributed by atoms with Gasteiger partial charge < -0.3 is 4.90 Å². The summed E-state index contributed by atoms with van der Waals surface area (Å²) in [6.07, 6.45) is 1.72. The SMILES string of the molecule is CCN(CC)c1nc2cnc(Cl)cc2s1. The summed E-state index contributed by atoms with van der Waals surface area (Å²) in [6.45, 7) is 6.19. The van der Waals surface area contributed by atoms with Crippen LogP contribution in [0.25, 0.3) is 10.2 Å². The predicted molar refractivity (Wildman–Crippen MR) is 66.0 cm³/mol. The van der Waals surface area contributed by atoms with Crippen LogP contribution < -0.4 is 4.90 Å². The summed E-state index contributed by atoms with van der Waals surface area (Å²) in [5.74, 6) is 0. The van der Waals surface area contributed by atoms with E-state index in [0.717, 1.165) is 28.4 Å². The topological polar surface area (TPSA) is 29.0 Å². The van der Waals surface area contributed by atoms with Crippen LogP contribution in [0.4, 0.5) is 5.13 Å². The van der Waals surface area contributed by atoms with E-state index in [-0.39, 0.29) is 0 Å². The molecule has 0 atom stereocenters. The predicted octanol–water partition coefficient (Wildman–Crippen LogP) is 3.19. The Morgan fingerprint density at radius 2 is 2.13 bits per heavy atom. The third kappa shape index (κ3) is 2.06. The molecule has 0 unspecified atom stereocenters. The van der Waals surface area contributed by atoms with Gasteiger partial charge in [0.2, 0.25) is 0 Å². The van der Waals surface area contributed by atoms with E-state index in [2.05, 4.69) is 28.7 Å². The van der Waals surface area contributed by atoms with Gasteiger partial charge in [-0.15, -0.1) is 0 Å². The van der Waals surface area contributed by atoms with Crippen LogP contribution in [0, 0.1) is 0 Å². The zero-order chi connectivity index (χ0) is 10.8. The number of fused-ring (bicyclic) bond motifs is 1. The molecule has 0 saturated carbocycles. The van der Waals surface area contributed by atoms with Gasteiger partial charge in [-0.2, -0.15) is 0 Å². The number of nitrogens with zero attached hydrogens (tertiary/aromatic N) is 3. The van der Waals surface area contributed by atoms with Crippen LogP contribution in [-0.2, 0) is 0 Å². The van der Waals surface area contributed by atoms with Crippen molar-refractivity contribution in [3.05, 3.63) is 17.4 Å². The Kier molecular flexibility index (Phi) is 3.07. The lowest BCUT2D eigenvalue weighted by molar-refractivity contribution is 0.862. The summed E-state index contributed by atoms with van der Waals surface area (Å²) in [4.78, 5) is 10.8. The maximum Gasteiger partial charge on any atom is 0.186 e. The van der Waals surface area contributed by atoms with Crippen molar-refractivity contribution in [3.63, 3.8) is 0 Å². The molecule has 2 rings (SSSR count). The second kappa shape index (κ2) is 4.33. The molecule has 2 heterocycles. The van der Waals surface area contributed by atoms with Crippen LogP contribution >= 0.6 is 22.9 Å². The fraction of sp³-hybridized carbons (Fsp3) is 0.400. The first-order valence-electron chi connectivity index (χ1n) is 4.91. The Labute approximate surface area is 97.7 Å². The van der Waals surface area contributed by atoms with Crippen molar-refractivity contribution in [1.29, 1.82) is 0 Å². The fourth-order valence-corrected chi connectivity index (χ4v) is 2.75. The minimum absolute atomic E-state index is 0.525. The molecule has 0 amide bonds. The number of rotatable bonds is 3. The molecule has 0 N–H and O–H groups in total. The van der Waals surface area contributed by atoms with E-state index in [9.17, 15) is 0 Å². The highest BCUT2D eigenvalue weighted by Crippen LogP contribution is 2.29. The molecule has 2 aromatic rings. The molecule has 0 aliphatic carbocycles. The maximum absolute atomic E-state index is 5.83. The van der Waals surface area contributed by atoms with Crippen LogP contribution in [0.3, 0.4) is 0 Å². The van der Waals surface area contributed by atoms with Crippen LogP contribution in [0.5, 0.6) is 0 Å². The van der Waals surface area contributed by atoms with Crippen LogP contribution in [-0.4, -0.2) is 23.1 Å². The third-order valence-electron chi connectivity index (χ3n) is 2.26. The van der Waals surface area contributed by atoms with Gasteiger partial charge in [0, 0.05) is 13.1 Å². The van der Waals surface area contributed by atoms with E-state index in [4.69, 9.17) is 11.6 Å². The molecule has 0 bridgehead atoms.